The van der Waals surface area contributed by atoms with Crippen LogP contribution in [0, 0.1) is 0 Å². The third-order valence-corrected chi connectivity index (χ3v) is 3.35. The molecule has 0 aromatic heterocycles. The van der Waals surface area contributed by atoms with Crippen LogP contribution >= 0.6 is 0 Å². The second-order valence-corrected chi connectivity index (χ2v) is 4.16. The van der Waals surface area contributed by atoms with Gasteiger partial charge in [0.15, 0.2) is 0 Å². The molecule has 1 aromatic carbocycles. The largest absolute Gasteiger partial charge is 0.309 e. The molecule has 0 fully saturated rings. The summed E-state index contributed by atoms with van der Waals surface area (Å²) in [6, 6.07) is 9.13. The van der Waals surface area contributed by atoms with Crippen molar-refractivity contribution in [3.05, 3.63) is 53.1 Å². The minimum absolute atomic E-state index is 0.410. The molecular formula is C14H15N. The van der Waals surface area contributed by atoms with Crippen LogP contribution in [0.5, 0.6) is 0 Å². The Bertz CT molecular complexity index is 454. The quantitative estimate of drug-likeness (QED) is 0.729. The molecule has 1 aromatic rings. The molecule has 0 bridgehead atoms. The minimum atomic E-state index is 0.410. The van der Waals surface area contributed by atoms with E-state index in [4.69, 9.17) is 0 Å². The van der Waals surface area contributed by atoms with Crippen LogP contribution < -0.4 is 5.32 Å². The zero-order valence-corrected chi connectivity index (χ0v) is 8.96. The fraction of sp³-hybridized carbons (Fsp3) is 0.286. The Morgan fingerprint density at radius 3 is 2.80 bits per heavy atom. The Kier molecular flexibility index (Phi) is 2.00. The standard InChI is InChI=1S/C14H15N/c1-15-14-12-8-4-2-6-10(12)11-7-3-5-9-13(11)14/h2,4,6-9,14-15H,3,5H2,1H3. The highest BCUT2D eigenvalue weighted by molar-refractivity contribution is 5.88. The summed E-state index contributed by atoms with van der Waals surface area (Å²) >= 11 is 0. The molecule has 0 saturated heterocycles. The molecule has 0 amide bonds. The monoisotopic (exact) mass is 197 g/mol. The fourth-order valence-electron chi connectivity index (χ4n) is 2.71. The fourth-order valence-corrected chi connectivity index (χ4v) is 2.71. The molecule has 1 atom stereocenters. The van der Waals surface area contributed by atoms with Gasteiger partial charge in [-0.25, -0.2) is 0 Å². The number of allylic oxidation sites excluding steroid dienone is 2. The van der Waals surface area contributed by atoms with Crippen LogP contribution in [0.4, 0.5) is 0 Å². The van der Waals surface area contributed by atoms with E-state index in [1.807, 2.05) is 7.05 Å². The molecule has 1 N–H and O–H groups in total. The van der Waals surface area contributed by atoms with Gasteiger partial charge >= 0.3 is 0 Å². The average Bonchev–Trinajstić information content (AvgIpc) is 2.63. The SMILES string of the molecule is CNC1C2=CCCC=C2c2ccccc21. The average molecular weight is 197 g/mol. The van der Waals surface area contributed by atoms with Crippen LogP contribution in [0.3, 0.4) is 0 Å². The highest BCUT2D eigenvalue weighted by Crippen LogP contribution is 2.45. The van der Waals surface area contributed by atoms with E-state index < -0.39 is 0 Å². The molecule has 0 saturated carbocycles. The van der Waals surface area contributed by atoms with Crippen LogP contribution in [0.15, 0.2) is 42.0 Å². The van der Waals surface area contributed by atoms with Gasteiger partial charge in [-0.15, -0.1) is 0 Å². The van der Waals surface area contributed by atoms with Gasteiger partial charge < -0.3 is 5.32 Å². The van der Waals surface area contributed by atoms with E-state index in [0.29, 0.717) is 6.04 Å². The first-order chi connectivity index (χ1) is 7.42. The molecule has 0 spiro atoms. The van der Waals surface area contributed by atoms with Crippen molar-refractivity contribution >= 4 is 5.57 Å². The first kappa shape index (κ1) is 8.93. The van der Waals surface area contributed by atoms with Crippen LogP contribution in [0.2, 0.25) is 0 Å². The lowest BCUT2D eigenvalue weighted by atomic mass is 9.96. The number of fused-ring (bicyclic) bond motifs is 3. The number of hydrogen-bond donors (Lipinski definition) is 1. The maximum Gasteiger partial charge on any atom is 0.0583 e. The van der Waals surface area contributed by atoms with Gasteiger partial charge in [0.2, 0.25) is 0 Å². The van der Waals surface area contributed by atoms with Crippen LogP contribution in [0.1, 0.15) is 30.0 Å². The maximum atomic E-state index is 3.41. The van der Waals surface area contributed by atoms with E-state index in [-0.39, 0.29) is 0 Å². The Morgan fingerprint density at radius 2 is 1.93 bits per heavy atom. The second-order valence-electron chi connectivity index (χ2n) is 4.16. The maximum absolute atomic E-state index is 3.41. The molecule has 1 heteroatoms. The van der Waals surface area contributed by atoms with Gasteiger partial charge in [-0.05, 0) is 42.2 Å². The summed E-state index contributed by atoms with van der Waals surface area (Å²) in [5.41, 5.74) is 5.78. The molecule has 1 nitrogen and oxygen atoms in total. The first-order valence-corrected chi connectivity index (χ1v) is 5.59. The minimum Gasteiger partial charge on any atom is -0.309 e. The summed E-state index contributed by atoms with van der Waals surface area (Å²) in [6.45, 7) is 0. The molecule has 0 radical (unpaired) electrons. The number of hydrogen-bond acceptors (Lipinski definition) is 1. The van der Waals surface area contributed by atoms with Crippen molar-refractivity contribution in [1.29, 1.82) is 0 Å². The lowest BCUT2D eigenvalue weighted by molar-refractivity contribution is 0.702. The molecule has 3 rings (SSSR count). The van der Waals surface area contributed by atoms with E-state index in [2.05, 4.69) is 41.7 Å². The lowest BCUT2D eigenvalue weighted by Gasteiger charge is -2.15. The topological polar surface area (TPSA) is 12.0 Å². The van der Waals surface area contributed by atoms with Gasteiger partial charge in [-0.2, -0.15) is 0 Å². The van der Waals surface area contributed by atoms with Crippen LogP contribution in [-0.4, -0.2) is 7.05 Å². The van der Waals surface area contributed by atoms with E-state index in [1.54, 1.807) is 0 Å². The predicted octanol–water partition coefficient (Wildman–Crippen LogP) is 3.06. The summed E-state index contributed by atoms with van der Waals surface area (Å²) in [6.07, 6.45) is 7.14. The van der Waals surface area contributed by atoms with Crippen molar-refractivity contribution in [3.63, 3.8) is 0 Å². The van der Waals surface area contributed by atoms with Gasteiger partial charge in [0.1, 0.15) is 0 Å². The van der Waals surface area contributed by atoms with Crippen molar-refractivity contribution in [2.45, 2.75) is 18.9 Å². The van der Waals surface area contributed by atoms with Crippen molar-refractivity contribution in [1.82, 2.24) is 5.32 Å². The van der Waals surface area contributed by atoms with Gasteiger partial charge in [0, 0.05) is 0 Å². The Balaban J connectivity index is 2.22. The van der Waals surface area contributed by atoms with E-state index in [1.165, 1.54) is 35.1 Å². The molecule has 1 unspecified atom stereocenters. The molecule has 0 aliphatic heterocycles. The van der Waals surface area contributed by atoms with E-state index in [0.717, 1.165) is 0 Å². The van der Waals surface area contributed by atoms with Crippen molar-refractivity contribution < 1.29 is 0 Å². The predicted molar refractivity (Wildman–Crippen MR) is 63.5 cm³/mol. The second kappa shape index (κ2) is 3.35. The third kappa shape index (κ3) is 1.20. The summed E-state index contributed by atoms with van der Waals surface area (Å²) in [4.78, 5) is 0. The number of likely N-dealkylation sites (N-methyl/N-ethyl adjacent to an activating group) is 1. The highest BCUT2D eigenvalue weighted by Gasteiger charge is 2.30. The summed E-state index contributed by atoms with van der Waals surface area (Å²) in [5.74, 6) is 0. The molecule has 0 heterocycles. The number of benzene rings is 1. The molecule has 2 aliphatic rings. The van der Waals surface area contributed by atoms with Crippen molar-refractivity contribution in [3.8, 4) is 0 Å². The van der Waals surface area contributed by atoms with E-state index in [9.17, 15) is 0 Å². The zero-order chi connectivity index (χ0) is 10.3. The zero-order valence-electron chi connectivity index (χ0n) is 8.96. The molecule has 76 valence electrons. The Labute approximate surface area is 90.5 Å². The highest BCUT2D eigenvalue weighted by atomic mass is 14.9. The summed E-state index contributed by atoms with van der Waals surface area (Å²) in [5, 5.41) is 3.41. The Hall–Kier alpha value is -1.34. The summed E-state index contributed by atoms with van der Waals surface area (Å²) < 4.78 is 0. The first-order valence-electron chi connectivity index (χ1n) is 5.59. The van der Waals surface area contributed by atoms with Gasteiger partial charge in [-0.1, -0.05) is 36.4 Å². The van der Waals surface area contributed by atoms with Gasteiger partial charge in [0.25, 0.3) is 0 Å². The Morgan fingerprint density at radius 1 is 1.13 bits per heavy atom. The van der Waals surface area contributed by atoms with Crippen molar-refractivity contribution in [2.75, 3.05) is 7.05 Å². The lowest BCUT2D eigenvalue weighted by Crippen LogP contribution is -2.15. The summed E-state index contributed by atoms with van der Waals surface area (Å²) in [7, 11) is 2.04. The van der Waals surface area contributed by atoms with Crippen LogP contribution in [0.25, 0.3) is 5.57 Å². The molecule has 2 aliphatic carbocycles. The third-order valence-electron chi connectivity index (χ3n) is 3.35. The number of nitrogens with one attached hydrogen (secondary N) is 1. The normalized spacial score (nSPS) is 22.9. The molecule has 15 heavy (non-hydrogen) atoms. The molecular weight excluding hydrogens is 182 g/mol. The van der Waals surface area contributed by atoms with E-state index >= 15 is 0 Å². The van der Waals surface area contributed by atoms with Crippen LogP contribution in [-0.2, 0) is 0 Å². The van der Waals surface area contributed by atoms with Gasteiger partial charge in [0.05, 0.1) is 6.04 Å². The smallest absolute Gasteiger partial charge is 0.0583 e. The number of rotatable bonds is 1. The van der Waals surface area contributed by atoms with Gasteiger partial charge in [-0.3, -0.25) is 0 Å². The van der Waals surface area contributed by atoms with Crippen molar-refractivity contribution in [2.24, 2.45) is 0 Å².